The third-order valence-electron chi connectivity index (χ3n) is 3.79. The van der Waals surface area contributed by atoms with Crippen molar-refractivity contribution in [3.05, 3.63) is 24.0 Å². The van der Waals surface area contributed by atoms with Crippen LogP contribution in [-0.2, 0) is 4.79 Å². The van der Waals surface area contributed by atoms with Gasteiger partial charge < -0.3 is 14.9 Å². The molecule has 2 fully saturated rings. The summed E-state index contributed by atoms with van der Waals surface area (Å²) in [6.07, 6.45) is 1.67. The van der Waals surface area contributed by atoms with Gasteiger partial charge in [-0.25, -0.2) is 4.39 Å². The predicted molar refractivity (Wildman–Crippen MR) is 70.8 cm³/mol. The van der Waals surface area contributed by atoms with Crippen molar-refractivity contribution >= 4 is 17.3 Å². The van der Waals surface area contributed by atoms with Crippen LogP contribution in [0, 0.1) is 5.82 Å². The van der Waals surface area contributed by atoms with Gasteiger partial charge in [-0.05, 0) is 31.0 Å². The Kier molecular flexibility index (Phi) is 3.14. The number of β-amino-alcohol motifs (C(OH)–C–C–N with tert-alkyl or cyclic N) is 1. The Balaban J connectivity index is 1.85. The van der Waals surface area contributed by atoms with Crippen LogP contribution in [0.3, 0.4) is 0 Å². The second kappa shape index (κ2) is 4.81. The molecule has 2 aliphatic rings. The van der Waals surface area contributed by atoms with Crippen LogP contribution in [0.2, 0.25) is 0 Å². The van der Waals surface area contributed by atoms with E-state index in [1.807, 2.05) is 4.90 Å². The SMILES string of the molecule is O=C1CC(O)CN1c1ccc(N2CCCC2)c(F)c1. The molecule has 5 heteroatoms. The number of amides is 1. The molecular formula is C14H17FN2O2. The van der Waals surface area contributed by atoms with Crippen molar-refractivity contribution < 1.29 is 14.3 Å². The molecule has 0 aliphatic carbocycles. The highest BCUT2D eigenvalue weighted by Gasteiger charge is 2.29. The number of anilines is 2. The highest BCUT2D eigenvalue weighted by molar-refractivity contribution is 5.96. The molecule has 1 atom stereocenters. The molecule has 0 spiro atoms. The van der Waals surface area contributed by atoms with Gasteiger partial charge >= 0.3 is 0 Å². The number of benzene rings is 1. The van der Waals surface area contributed by atoms with Crippen molar-refractivity contribution in [2.75, 3.05) is 29.4 Å². The van der Waals surface area contributed by atoms with Crippen LogP contribution >= 0.6 is 0 Å². The lowest BCUT2D eigenvalue weighted by atomic mass is 10.2. The zero-order chi connectivity index (χ0) is 13.4. The number of nitrogens with zero attached hydrogens (tertiary/aromatic N) is 2. The fourth-order valence-corrected chi connectivity index (χ4v) is 2.82. The van der Waals surface area contributed by atoms with Crippen LogP contribution in [0.4, 0.5) is 15.8 Å². The lowest BCUT2D eigenvalue weighted by molar-refractivity contribution is -0.117. The molecule has 2 saturated heterocycles. The summed E-state index contributed by atoms with van der Waals surface area (Å²) in [4.78, 5) is 15.1. The number of halogens is 1. The molecular weight excluding hydrogens is 247 g/mol. The molecule has 4 nitrogen and oxygen atoms in total. The average molecular weight is 264 g/mol. The van der Waals surface area contributed by atoms with Crippen LogP contribution in [0.1, 0.15) is 19.3 Å². The number of hydrogen-bond donors (Lipinski definition) is 1. The second-order valence-corrected chi connectivity index (χ2v) is 5.19. The Morgan fingerprint density at radius 1 is 1.26 bits per heavy atom. The number of aliphatic hydroxyl groups excluding tert-OH is 1. The average Bonchev–Trinajstić information content (AvgIpc) is 2.99. The molecule has 2 aliphatic heterocycles. The van der Waals surface area contributed by atoms with Gasteiger partial charge in [0.15, 0.2) is 0 Å². The normalized spacial score (nSPS) is 23.5. The first kappa shape index (κ1) is 12.4. The number of aliphatic hydroxyl groups is 1. The van der Waals surface area contributed by atoms with Crippen molar-refractivity contribution in [2.45, 2.75) is 25.4 Å². The van der Waals surface area contributed by atoms with Gasteiger partial charge in [-0.2, -0.15) is 0 Å². The maximum absolute atomic E-state index is 14.1. The molecule has 0 radical (unpaired) electrons. The lowest BCUT2D eigenvalue weighted by Gasteiger charge is -2.21. The second-order valence-electron chi connectivity index (χ2n) is 5.19. The van der Waals surface area contributed by atoms with Gasteiger partial charge in [0.25, 0.3) is 0 Å². The summed E-state index contributed by atoms with van der Waals surface area (Å²) in [7, 11) is 0. The van der Waals surface area contributed by atoms with E-state index >= 15 is 0 Å². The summed E-state index contributed by atoms with van der Waals surface area (Å²) in [5.41, 5.74) is 1.13. The molecule has 0 saturated carbocycles. The zero-order valence-electron chi connectivity index (χ0n) is 10.7. The molecule has 0 bridgehead atoms. The Morgan fingerprint density at radius 3 is 2.58 bits per heavy atom. The first-order valence-electron chi connectivity index (χ1n) is 6.68. The van der Waals surface area contributed by atoms with Crippen molar-refractivity contribution in [3.8, 4) is 0 Å². The smallest absolute Gasteiger partial charge is 0.229 e. The summed E-state index contributed by atoms with van der Waals surface area (Å²) in [6, 6.07) is 4.88. The van der Waals surface area contributed by atoms with Crippen LogP contribution in [-0.4, -0.2) is 36.8 Å². The van der Waals surface area contributed by atoms with Crippen LogP contribution < -0.4 is 9.80 Å². The van der Waals surface area contributed by atoms with Gasteiger partial charge in [0.2, 0.25) is 5.91 Å². The third kappa shape index (κ3) is 2.30. The van der Waals surface area contributed by atoms with Gasteiger partial charge in [0.05, 0.1) is 24.8 Å². The van der Waals surface area contributed by atoms with Crippen LogP contribution in [0.5, 0.6) is 0 Å². The number of rotatable bonds is 2. The van der Waals surface area contributed by atoms with E-state index in [2.05, 4.69) is 0 Å². The number of carbonyl (C=O) groups excluding carboxylic acids is 1. The van der Waals surface area contributed by atoms with E-state index < -0.39 is 6.10 Å². The van der Waals surface area contributed by atoms with E-state index in [4.69, 9.17) is 0 Å². The largest absolute Gasteiger partial charge is 0.391 e. The Labute approximate surface area is 111 Å². The van der Waals surface area contributed by atoms with E-state index in [1.54, 1.807) is 12.1 Å². The minimum absolute atomic E-state index is 0.121. The summed E-state index contributed by atoms with van der Waals surface area (Å²) in [5, 5.41) is 9.46. The summed E-state index contributed by atoms with van der Waals surface area (Å²) in [5.74, 6) is -0.450. The maximum atomic E-state index is 14.1. The minimum atomic E-state index is -0.645. The van der Waals surface area contributed by atoms with Gasteiger partial charge in [-0.15, -0.1) is 0 Å². The number of hydrogen-bond acceptors (Lipinski definition) is 3. The van der Waals surface area contributed by atoms with Crippen molar-refractivity contribution in [2.24, 2.45) is 0 Å². The first-order chi connectivity index (χ1) is 9.15. The van der Waals surface area contributed by atoms with Crippen molar-refractivity contribution in [1.82, 2.24) is 0 Å². The van der Waals surface area contributed by atoms with Crippen molar-refractivity contribution in [3.63, 3.8) is 0 Å². The molecule has 0 aromatic heterocycles. The topological polar surface area (TPSA) is 43.8 Å². The minimum Gasteiger partial charge on any atom is -0.391 e. The molecule has 1 aromatic carbocycles. The summed E-state index contributed by atoms with van der Waals surface area (Å²) in [6.45, 7) is 2.02. The Hall–Kier alpha value is -1.62. The highest BCUT2D eigenvalue weighted by atomic mass is 19.1. The Bertz CT molecular complexity index is 500. The van der Waals surface area contributed by atoms with E-state index in [0.29, 0.717) is 11.4 Å². The van der Waals surface area contributed by atoms with Gasteiger partial charge in [0.1, 0.15) is 5.82 Å². The quantitative estimate of drug-likeness (QED) is 0.881. The maximum Gasteiger partial charge on any atom is 0.229 e. The zero-order valence-corrected chi connectivity index (χ0v) is 10.7. The lowest BCUT2D eigenvalue weighted by Crippen LogP contribution is -2.26. The standard InChI is InChI=1S/C14H17FN2O2/c15-12-7-10(17-9-11(18)8-14(17)19)3-4-13(12)16-5-1-2-6-16/h3-4,7,11,18H,1-2,5-6,8-9H2. The van der Waals surface area contributed by atoms with E-state index in [1.165, 1.54) is 11.0 Å². The van der Waals surface area contributed by atoms with Crippen molar-refractivity contribution in [1.29, 1.82) is 0 Å². The molecule has 2 heterocycles. The molecule has 3 rings (SSSR count). The molecule has 1 unspecified atom stereocenters. The van der Waals surface area contributed by atoms with Crippen LogP contribution in [0.15, 0.2) is 18.2 Å². The molecule has 1 amide bonds. The van der Waals surface area contributed by atoms with Gasteiger partial charge in [0, 0.05) is 18.8 Å². The monoisotopic (exact) mass is 264 g/mol. The summed E-state index contributed by atoms with van der Waals surface area (Å²) < 4.78 is 14.1. The summed E-state index contributed by atoms with van der Waals surface area (Å²) >= 11 is 0. The van der Waals surface area contributed by atoms with E-state index in [0.717, 1.165) is 25.9 Å². The molecule has 1 aromatic rings. The number of carbonyl (C=O) groups is 1. The molecule has 19 heavy (non-hydrogen) atoms. The van der Waals surface area contributed by atoms with E-state index in [-0.39, 0.29) is 24.7 Å². The van der Waals surface area contributed by atoms with Gasteiger partial charge in [-0.3, -0.25) is 4.79 Å². The predicted octanol–water partition coefficient (Wildman–Crippen LogP) is 1.52. The highest BCUT2D eigenvalue weighted by Crippen LogP contribution is 2.29. The fourth-order valence-electron chi connectivity index (χ4n) is 2.82. The third-order valence-corrected chi connectivity index (χ3v) is 3.79. The first-order valence-corrected chi connectivity index (χ1v) is 6.68. The molecule has 1 N–H and O–H groups in total. The van der Waals surface area contributed by atoms with Gasteiger partial charge in [-0.1, -0.05) is 0 Å². The molecule has 102 valence electrons. The Morgan fingerprint density at radius 2 is 2.00 bits per heavy atom. The van der Waals surface area contributed by atoms with E-state index in [9.17, 15) is 14.3 Å². The fraction of sp³-hybridized carbons (Fsp3) is 0.500. The van der Waals surface area contributed by atoms with Crippen LogP contribution in [0.25, 0.3) is 0 Å².